The van der Waals surface area contributed by atoms with Crippen LogP contribution in [0.25, 0.3) is 0 Å². The van der Waals surface area contributed by atoms with Crippen molar-refractivity contribution in [1.29, 1.82) is 0 Å². The van der Waals surface area contributed by atoms with E-state index in [1.807, 2.05) is 13.8 Å². The van der Waals surface area contributed by atoms with Crippen LogP contribution in [0.15, 0.2) is 0 Å². The summed E-state index contributed by atoms with van der Waals surface area (Å²) in [6.07, 6.45) is 2.37. The molecule has 2 aliphatic rings. The minimum Gasteiger partial charge on any atom is -0.383 e. The van der Waals surface area contributed by atoms with E-state index in [4.69, 9.17) is 12.6 Å². The standard InChI is InChI=1S/C10H18BNO.C2H6/c1-8-3-10(7-13-2)4-9(11)6-12(10)5-8;1-2/h8-9H,3-7H2,1-2H3;1-2H3. The first-order chi connectivity index (χ1) is 7.16. The second-order valence-electron chi connectivity index (χ2n) is 4.84. The number of rotatable bonds is 2. The Balaban J connectivity index is 0.000000531. The van der Waals surface area contributed by atoms with Crippen molar-refractivity contribution < 1.29 is 4.74 Å². The first kappa shape index (κ1) is 13.1. The highest BCUT2D eigenvalue weighted by atomic mass is 16.5. The SMILES string of the molecule is CC.[B]C1CN2CC(C)CC2(COC)C1. The van der Waals surface area contributed by atoms with Crippen LogP contribution in [-0.4, -0.2) is 45.1 Å². The Kier molecular flexibility index (Phi) is 4.66. The number of methoxy groups -OCH3 is 1. The molecule has 2 aliphatic heterocycles. The van der Waals surface area contributed by atoms with E-state index in [0.717, 1.165) is 25.5 Å². The smallest absolute Gasteiger partial charge is 0.0717 e. The fourth-order valence-corrected chi connectivity index (χ4v) is 3.21. The molecule has 2 radical (unpaired) electrons. The van der Waals surface area contributed by atoms with E-state index >= 15 is 0 Å². The summed E-state index contributed by atoms with van der Waals surface area (Å²) >= 11 is 0. The molecule has 0 aliphatic carbocycles. The highest BCUT2D eigenvalue weighted by Gasteiger charge is 2.49. The molecule has 0 saturated carbocycles. The lowest BCUT2D eigenvalue weighted by Crippen LogP contribution is -2.42. The van der Waals surface area contributed by atoms with Crippen molar-refractivity contribution in [3.8, 4) is 0 Å². The van der Waals surface area contributed by atoms with Gasteiger partial charge in [-0.1, -0.05) is 26.6 Å². The number of hydrogen-bond acceptors (Lipinski definition) is 2. The molecule has 3 unspecified atom stereocenters. The molecule has 2 saturated heterocycles. The van der Waals surface area contributed by atoms with Gasteiger partial charge >= 0.3 is 0 Å². The van der Waals surface area contributed by atoms with Gasteiger partial charge in [-0.3, -0.25) is 4.90 Å². The number of ether oxygens (including phenoxy) is 1. The Hall–Kier alpha value is -0.0151. The van der Waals surface area contributed by atoms with Crippen molar-refractivity contribution in [1.82, 2.24) is 4.90 Å². The summed E-state index contributed by atoms with van der Waals surface area (Å²) in [5.74, 6) is 1.17. The van der Waals surface area contributed by atoms with E-state index in [1.165, 1.54) is 13.0 Å². The predicted molar refractivity (Wildman–Crippen MR) is 65.4 cm³/mol. The van der Waals surface area contributed by atoms with Crippen molar-refractivity contribution in [2.45, 2.75) is 45.0 Å². The maximum absolute atomic E-state index is 5.99. The Morgan fingerprint density at radius 1 is 1.33 bits per heavy atom. The maximum atomic E-state index is 5.99. The maximum Gasteiger partial charge on any atom is 0.0717 e. The molecule has 86 valence electrons. The fourth-order valence-electron chi connectivity index (χ4n) is 3.21. The summed E-state index contributed by atoms with van der Waals surface area (Å²) in [4.78, 5) is 2.53. The summed E-state index contributed by atoms with van der Waals surface area (Å²) in [6.45, 7) is 9.44. The van der Waals surface area contributed by atoms with E-state index in [1.54, 1.807) is 7.11 Å². The molecule has 0 bridgehead atoms. The Morgan fingerprint density at radius 2 is 2.00 bits per heavy atom. The quantitative estimate of drug-likeness (QED) is 0.646. The molecular formula is C12H24BNO. The molecule has 0 spiro atoms. The summed E-state index contributed by atoms with van der Waals surface area (Å²) in [7, 11) is 7.78. The first-order valence-electron chi connectivity index (χ1n) is 6.16. The van der Waals surface area contributed by atoms with Crippen LogP contribution in [-0.2, 0) is 4.74 Å². The molecule has 2 fully saturated rings. The summed E-state index contributed by atoms with van der Waals surface area (Å²) < 4.78 is 5.33. The summed E-state index contributed by atoms with van der Waals surface area (Å²) in [5.41, 5.74) is 0.285. The predicted octanol–water partition coefficient (Wildman–Crippen LogP) is 2.10. The third-order valence-corrected chi connectivity index (χ3v) is 3.44. The highest BCUT2D eigenvalue weighted by molar-refractivity contribution is 6.12. The Labute approximate surface area is 95.8 Å². The average molecular weight is 209 g/mol. The third kappa shape index (κ3) is 2.56. The number of nitrogens with zero attached hydrogens (tertiary/aromatic N) is 1. The second-order valence-corrected chi connectivity index (χ2v) is 4.84. The number of fused-ring (bicyclic) bond motifs is 1. The van der Waals surface area contributed by atoms with Gasteiger partial charge in [-0.25, -0.2) is 0 Å². The van der Waals surface area contributed by atoms with Crippen LogP contribution >= 0.6 is 0 Å². The normalized spacial score (nSPS) is 39.7. The van der Waals surface area contributed by atoms with Crippen molar-refractivity contribution in [2.75, 3.05) is 26.8 Å². The molecule has 0 aromatic heterocycles. The minimum atomic E-state index is 0.285. The molecule has 0 aromatic rings. The van der Waals surface area contributed by atoms with Gasteiger partial charge in [0.05, 0.1) is 14.5 Å². The largest absolute Gasteiger partial charge is 0.383 e. The molecule has 15 heavy (non-hydrogen) atoms. The van der Waals surface area contributed by atoms with Gasteiger partial charge < -0.3 is 4.74 Å². The molecule has 2 nitrogen and oxygen atoms in total. The zero-order valence-electron chi connectivity index (χ0n) is 10.6. The lowest BCUT2D eigenvalue weighted by atomic mass is 9.79. The monoisotopic (exact) mass is 209 g/mol. The van der Waals surface area contributed by atoms with Crippen molar-refractivity contribution >= 4 is 7.85 Å². The van der Waals surface area contributed by atoms with Crippen LogP contribution in [0.1, 0.15) is 33.6 Å². The molecule has 2 rings (SSSR count). The van der Waals surface area contributed by atoms with Crippen LogP contribution in [0.5, 0.6) is 0 Å². The van der Waals surface area contributed by atoms with E-state index in [2.05, 4.69) is 11.8 Å². The van der Waals surface area contributed by atoms with Gasteiger partial charge in [-0.15, -0.1) is 0 Å². The minimum absolute atomic E-state index is 0.285. The topological polar surface area (TPSA) is 12.5 Å². The van der Waals surface area contributed by atoms with E-state index in [-0.39, 0.29) is 5.54 Å². The van der Waals surface area contributed by atoms with E-state index in [9.17, 15) is 0 Å². The summed E-state index contributed by atoms with van der Waals surface area (Å²) in [6, 6.07) is 0. The van der Waals surface area contributed by atoms with Crippen molar-refractivity contribution in [3.63, 3.8) is 0 Å². The molecule has 3 atom stereocenters. The molecule has 3 heteroatoms. The molecule has 0 amide bonds. The molecular weight excluding hydrogens is 185 g/mol. The van der Waals surface area contributed by atoms with Gasteiger partial charge in [-0.2, -0.15) is 0 Å². The van der Waals surface area contributed by atoms with Crippen molar-refractivity contribution in [2.24, 2.45) is 5.92 Å². The Bertz CT molecular complexity index is 184. The van der Waals surface area contributed by atoms with Gasteiger partial charge in [0.15, 0.2) is 0 Å². The fraction of sp³-hybridized carbons (Fsp3) is 1.00. The van der Waals surface area contributed by atoms with Crippen molar-refractivity contribution in [3.05, 3.63) is 0 Å². The third-order valence-electron chi connectivity index (χ3n) is 3.44. The van der Waals surface area contributed by atoms with Crippen LogP contribution in [0.2, 0.25) is 5.82 Å². The van der Waals surface area contributed by atoms with E-state index in [0.29, 0.717) is 5.82 Å². The van der Waals surface area contributed by atoms with Gasteiger partial charge in [0, 0.05) is 19.2 Å². The van der Waals surface area contributed by atoms with E-state index < -0.39 is 0 Å². The zero-order valence-corrected chi connectivity index (χ0v) is 10.6. The van der Waals surface area contributed by atoms with Crippen LogP contribution < -0.4 is 0 Å². The summed E-state index contributed by atoms with van der Waals surface area (Å²) in [5, 5.41) is 0. The van der Waals surface area contributed by atoms with Crippen LogP contribution in [0, 0.1) is 5.92 Å². The molecule has 2 heterocycles. The number of hydrogen-bond donors (Lipinski definition) is 0. The molecule has 0 aromatic carbocycles. The van der Waals surface area contributed by atoms with Crippen LogP contribution in [0.4, 0.5) is 0 Å². The lowest BCUT2D eigenvalue weighted by molar-refractivity contribution is 0.0654. The average Bonchev–Trinajstić information content (AvgIpc) is 2.59. The zero-order chi connectivity index (χ0) is 11.5. The van der Waals surface area contributed by atoms with Gasteiger partial charge in [0.1, 0.15) is 0 Å². The molecule has 0 N–H and O–H groups in total. The highest BCUT2D eigenvalue weighted by Crippen LogP contribution is 2.44. The first-order valence-corrected chi connectivity index (χ1v) is 6.16. The lowest BCUT2D eigenvalue weighted by Gasteiger charge is -2.31. The van der Waals surface area contributed by atoms with Crippen LogP contribution in [0.3, 0.4) is 0 Å². The van der Waals surface area contributed by atoms with Gasteiger partial charge in [0.25, 0.3) is 0 Å². The van der Waals surface area contributed by atoms with Gasteiger partial charge in [-0.05, 0) is 25.3 Å². The van der Waals surface area contributed by atoms with Gasteiger partial charge in [0.2, 0.25) is 0 Å². The second kappa shape index (κ2) is 5.35. The Morgan fingerprint density at radius 3 is 2.60 bits per heavy atom.